The fraction of sp³-hybridized carbons (Fsp3) is 0.654. The first kappa shape index (κ1) is 22.7. The summed E-state index contributed by atoms with van der Waals surface area (Å²) in [5.41, 5.74) is 1.35. The van der Waals surface area contributed by atoms with E-state index in [4.69, 9.17) is 4.42 Å². The third-order valence-corrected chi connectivity index (χ3v) is 5.76. The Kier molecular flexibility index (Phi) is 11.7. The quantitative estimate of drug-likeness (QED) is 0.215. The summed E-state index contributed by atoms with van der Waals surface area (Å²) in [6.07, 6.45) is 21.3. The van der Waals surface area contributed by atoms with Crippen molar-refractivity contribution in [2.45, 2.75) is 110 Å². The van der Waals surface area contributed by atoms with Crippen molar-refractivity contribution in [1.82, 2.24) is 0 Å². The lowest BCUT2D eigenvalue weighted by molar-refractivity contribution is 0.527. The number of unbranched alkanes of at least 4 members (excludes halogenated alkanes) is 14. The average Bonchev–Trinajstić information content (AvgIpc) is 2.71. The van der Waals surface area contributed by atoms with Crippen molar-refractivity contribution in [3.05, 3.63) is 46.3 Å². The van der Waals surface area contributed by atoms with Crippen molar-refractivity contribution < 1.29 is 4.42 Å². The molecular formula is C26H40O2. The zero-order valence-corrected chi connectivity index (χ0v) is 18.0. The summed E-state index contributed by atoms with van der Waals surface area (Å²) < 4.78 is 5.41. The molecule has 0 saturated heterocycles. The van der Waals surface area contributed by atoms with Crippen LogP contribution in [0.2, 0.25) is 0 Å². The van der Waals surface area contributed by atoms with Gasteiger partial charge in [-0.2, -0.15) is 0 Å². The van der Waals surface area contributed by atoms with Gasteiger partial charge in [-0.3, -0.25) is 0 Å². The van der Waals surface area contributed by atoms with Crippen LogP contribution < -0.4 is 5.63 Å². The summed E-state index contributed by atoms with van der Waals surface area (Å²) >= 11 is 0. The van der Waals surface area contributed by atoms with E-state index < -0.39 is 0 Å². The topological polar surface area (TPSA) is 30.2 Å². The van der Waals surface area contributed by atoms with Crippen LogP contribution in [-0.2, 0) is 6.42 Å². The van der Waals surface area contributed by atoms with E-state index in [1.807, 2.05) is 30.3 Å². The van der Waals surface area contributed by atoms with Crippen LogP contribution in [0.1, 0.15) is 109 Å². The average molecular weight is 385 g/mol. The molecule has 0 atom stereocenters. The molecule has 0 bridgehead atoms. The molecule has 0 aliphatic heterocycles. The third kappa shape index (κ3) is 9.08. The lowest BCUT2D eigenvalue weighted by Crippen LogP contribution is -2.06. The van der Waals surface area contributed by atoms with E-state index in [0.717, 1.165) is 23.8 Å². The highest BCUT2D eigenvalue weighted by Crippen LogP contribution is 2.16. The van der Waals surface area contributed by atoms with Gasteiger partial charge in [0.05, 0.1) is 0 Å². The molecule has 0 N–H and O–H groups in total. The van der Waals surface area contributed by atoms with Gasteiger partial charge in [-0.1, -0.05) is 115 Å². The normalized spacial score (nSPS) is 11.3. The Morgan fingerprint density at radius 1 is 0.679 bits per heavy atom. The van der Waals surface area contributed by atoms with Gasteiger partial charge in [-0.05, 0) is 25.0 Å². The van der Waals surface area contributed by atoms with E-state index >= 15 is 0 Å². The summed E-state index contributed by atoms with van der Waals surface area (Å²) in [5, 5.41) is 1.03. The Labute approximate surface area is 171 Å². The second-order valence-corrected chi connectivity index (χ2v) is 8.30. The first-order valence-corrected chi connectivity index (χ1v) is 11.8. The predicted molar refractivity (Wildman–Crippen MR) is 121 cm³/mol. The van der Waals surface area contributed by atoms with Gasteiger partial charge in [-0.15, -0.1) is 0 Å². The van der Waals surface area contributed by atoms with E-state index in [1.54, 1.807) is 0 Å². The highest BCUT2D eigenvalue weighted by Gasteiger charge is 2.04. The number of rotatable bonds is 16. The standard InChI is InChI=1S/C26H40O2/c1-2-3-4-5-6-7-8-9-10-11-12-13-14-15-16-20-24-22-23-19-17-18-21-25(23)28-26(24)27/h17-19,21-22H,2-16,20H2,1H3. The minimum atomic E-state index is -0.163. The maximum Gasteiger partial charge on any atom is 0.339 e. The minimum absolute atomic E-state index is 0.163. The Balaban J connectivity index is 1.43. The summed E-state index contributed by atoms with van der Waals surface area (Å²) in [5.74, 6) is 0. The molecule has 2 rings (SSSR count). The monoisotopic (exact) mass is 384 g/mol. The number of benzene rings is 1. The highest BCUT2D eigenvalue weighted by atomic mass is 16.4. The molecule has 1 aromatic carbocycles. The zero-order valence-electron chi connectivity index (χ0n) is 18.0. The van der Waals surface area contributed by atoms with Crippen LogP contribution in [0.25, 0.3) is 11.0 Å². The Morgan fingerprint density at radius 3 is 1.75 bits per heavy atom. The van der Waals surface area contributed by atoms with Gasteiger partial charge in [0.15, 0.2) is 0 Å². The smallest absolute Gasteiger partial charge is 0.339 e. The van der Waals surface area contributed by atoms with Crippen LogP contribution in [0.5, 0.6) is 0 Å². The SMILES string of the molecule is CCCCCCCCCCCCCCCCCc1cc2ccccc2oc1=O. The molecule has 156 valence electrons. The Morgan fingerprint density at radius 2 is 1.18 bits per heavy atom. The van der Waals surface area contributed by atoms with E-state index in [2.05, 4.69) is 6.92 Å². The number of aryl methyl sites for hydroxylation is 1. The number of fused-ring (bicyclic) bond motifs is 1. The van der Waals surface area contributed by atoms with Crippen LogP contribution in [0.4, 0.5) is 0 Å². The molecule has 0 aliphatic rings. The third-order valence-electron chi connectivity index (χ3n) is 5.76. The molecule has 0 spiro atoms. The molecule has 1 heterocycles. The summed E-state index contributed by atoms with van der Waals surface area (Å²) in [7, 11) is 0. The zero-order chi connectivity index (χ0) is 19.9. The fourth-order valence-electron chi connectivity index (χ4n) is 3.97. The second kappa shape index (κ2) is 14.4. The van der Waals surface area contributed by atoms with Gasteiger partial charge in [0, 0.05) is 10.9 Å². The molecule has 2 aromatic rings. The maximum atomic E-state index is 12.0. The lowest BCUT2D eigenvalue weighted by atomic mass is 10.0. The minimum Gasteiger partial charge on any atom is -0.423 e. The lowest BCUT2D eigenvalue weighted by Gasteiger charge is -2.04. The molecule has 28 heavy (non-hydrogen) atoms. The van der Waals surface area contributed by atoms with Crippen molar-refractivity contribution in [2.24, 2.45) is 0 Å². The van der Waals surface area contributed by atoms with Crippen LogP contribution in [-0.4, -0.2) is 0 Å². The largest absolute Gasteiger partial charge is 0.423 e. The van der Waals surface area contributed by atoms with E-state index in [-0.39, 0.29) is 5.63 Å². The van der Waals surface area contributed by atoms with Crippen molar-refractivity contribution in [3.8, 4) is 0 Å². The first-order chi connectivity index (χ1) is 13.8. The Bertz CT molecular complexity index is 701. The second-order valence-electron chi connectivity index (χ2n) is 8.30. The number of hydrogen-bond donors (Lipinski definition) is 0. The molecule has 0 amide bonds. The molecule has 0 aliphatic carbocycles. The Hall–Kier alpha value is -1.57. The summed E-state index contributed by atoms with van der Waals surface area (Å²) in [4.78, 5) is 12.0. The van der Waals surface area contributed by atoms with Gasteiger partial charge < -0.3 is 4.42 Å². The predicted octanol–water partition coefficient (Wildman–Crippen LogP) is 8.21. The fourth-order valence-corrected chi connectivity index (χ4v) is 3.97. The van der Waals surface area contributed by atoms with Crippen molar-refractivity contribution in [3.63, 3.8) is 0 Å². The molecule has 2 nitrogen and oxygen atoms in total. The number of para-hydroxylation sites is 1. The first-order valence-electron chi connectivity index (χ1n) is 11.8. The van der Waals surface area contributed by atoms with Crippen LogP contribution >= 0.6 is 0 Å². The van der Waals surface area contributed by atoms with Crippen molar-refractivity contribution in [2.75, 3.05) is 0 Å². The van der Waals surface area contributed by atoms with Gasteiger partial charge in [-0.25, -0.2) is 4.79 Å². The summed E-state index contributed by atoms with van der Waals surface area (Å²) in [6, 6.07) is 9.76. The van der Waals surface area contributed by atoms with E-state index in [0.29, 0.717) is 5.58 Å². The molecular weight excluding hydrogens is 344 g/mol. The molecule has 0 fully saturated rings. The van der Waals surface area contributed by atoms with Crippen molar-refractivity contribution >= 4 is 11.0 Å². The van der Waals surface area contributed by atoms with E-state index in [9.17, 15) is 4.79 Å². The molecule has 2 heteroatoms. The molecule has 0 unspecified atom stereocenters. The maximum absolute atomic E-state index is 12.0. The number of hydrogen-bond acceptors (Lipinski definition) is 2. The van der Waals surface area contributed by atoms with Crippen LogP contribution in [0.3, 0.4) is 0 Å². The molecule has 0 saturated carbocycles. The van der Waals surface area contributed by atoms with Gasteiger partial charge >= 0.3 is 5.63 Å². The summed E-state index contributed by atoms with van der Waals surface area (Å²) in [6.45, 7) is 2.28. The van der Waals surface area contributed by atoms with Crippen molar-refractivity contribution in [1.29, 1.82) is 0 Å². The molecule has 0 radical (unpaired) electrons. The van der Waals surface area contributed by atoms with Crippen LogP contribution in [0, 0.1) is 0 Å². The highest BCUT2D eigenvalue weighted by molar-refractivity contribution is 5.76. The van der Waals surface area contributed by atoms with Crippen LogP contribution in [0.15, 0.2) is 39.5 Å². The van der Waals surface area contributed by atoms with E-state index in [1.165, 1.54) is 89.9 Å². The van der Waals surface area contributed by atoms with Gasteiger partial charge in [0.1, 0.15) is 5.58 Å². The van der Waals surface area contributed by atoms with Gasteiger partial charge in [0.2, 0.25) is 0 Å². The van der Waals surface area contributed by atoms with Gasteiger partial charge in [0.25, 0.3) is 0 Å². The molecule has 1 aromatic heterocycles.